The van der Waals surface area contributed by atoms with Crippen molar-refractivity contribution in [1.82, 2.24) is 5.16 Å². The van der Waals surface area contributed by atoms with Gasteiger partial charge in [0.25, 0.3) is 0 Å². The molecule has 0 aliphatic rings. The first kappa shape index (κ1) is 8.69. The van der Waals surface area contributed by atoms with Crippen molar-refractivity contribution in [1.29, 1.82) is 0 Å². The Labute approximate surface area is 81.3 Å². The van der Waals surface area contributed by atoms with Crippen LogP contribution in [-0.4, -0.2) is 11.4 Å². The Morgan fingerprint density at radius 1 is 1.29 bits per heavy atom. The summed E-state index contributed by atoms with van der Waals surface area (Å²) in [6.45, 7) is 2.01. The Hall–Kier alpha value is -1.90. The highest BCUT2D eigenvalue weighted by Gasteiger charge is 2.07. The number of aromatic nitrogens is 1. The lowest BCUT2D eigenvalue weighted by molar-refractivity contribution is 0.111. The smallest absolute Gasteiger partial charge is 0.172 e. The van der Waals surface area contributed by atoms with Gasteiger partial charge in [-0.05, 0) is 12.5 Å². The number of carbonyl (C=O) groups excluding carboxylic acids is 1. The highest BCUT2D eigenvalue weighted by Crippen LogP contribution is 2.21. The molecule has 0 fully saturated rings. The summed E-state index contributed by atoms with van der Waals surface area (Å²) in [6.07, 6.45) is 2.17. The van der Waals surface area contributed by atoms with Gasteiger partial charge in [-0.3, -0.25) is 4.79 Å². The van der Waals surface area contributed by atoms with Gasteiger partial charge in [0, 0.05) is 0 Å². The van der Waals surface area contributed by atoms with Crippen LogP contribution in [0.5, 0.6) is 0 Å². The minimum Gasteiger partial charge on any atom is -0.363 e. The first-order valence-corrected chi connectivity index (χ1v) is 4.28. The molecule has 70 valence electrons. The van der Waals surface area contributed by atoms with Crippen LogP contribution in [0.3, 0.4) is 0 Å². The van der Waals surface area contributed by atoms with E-state index in [1.165, 1.54) is 11.8 Å². The molecule has 0 N–H and O–H groups in total. The standard InChI is InChI=1S/C11H9NO2/c1-8-2-4-9(5-3-8)10-7-14-12-11(10)6-13/h2-7H,1H3. The summed E-state index contributed by atoms with van der Waals surface area (Å²) in [5.41, 5.74) is 3.20. The van der Waals surface area contributed by atoms with Crippen molar-refractivity contribution >= 4 is 6.29 Å². The fraction of sp³-hybridized carbons (Fsp3) is 0.0909. The van der Waals surface area contributed by atoms with E-state index < -0.39 is 0 Å². The second-order valence-corrected chi connectivity index (χ2v) is 3.10. The van der Waals surface area contributed by atoms with Gasteiger partial charge in [0.15, 0.2) is 12.0 Å². The van der Waals surface area contributed by atoms with Crippen LogP contribution in [0.2, 0.25) is 0 Å². The van der Waals surface area contributed by atoms with Gasteiger partial charge < -0.3 is 4.52 Å². The molecule has 1 aromatic carbocycles. The quantitative estimate of drug-likeness (QED) is 0.678. The molecule has 0 aliphatic heterocycles. The third-order valence-corrected chi connectivity index (χ3v) is 2.07. The molecule has 0 atom stereocenters. The maximum atomic E-state index is 10.6. The van der Waals surface area contributed by atoms with Crippen LogP contribution in [-0.2, 0) is 0 Å². The van der Waals surface area contributed by atoms with Gasteiger partial charge in [-0.1, -0.05) is 35.0 Å². The minimum absolute atomic E-state index is 0.342. The van der Waals surface area contributed by atoms with E-state index in [1.54, 1.807) is 0 Å². The summed E-state index contributed by atoms with van der Waals surface area (Å²) in [6, 6.07) is 7.84. The summed E-state index contributed by atoms with van der Waals surface area (Å²) < 4.78 is 4.74. The van der Waals surface area contributed by atoms with E-state index in [0.717, 1.165) is 11.1 Å². The van der Waals surface area contributed by atoms with E-state index in [-0.39, 0.29) is 0 Å². The Balaban J connectivity index is 2.49. The average Bonchev–Trinajstić information content (AvgIpc) is 2.67. The van der Waals surface area contributed by atoms with E-state index in [2.05, 4.69) is 5.16 Å². The Kier molecular flexibility index (Phi) is 2.14. The highest BCUT2D eigenvalue weighted by molar-refractivity contribution is 5.84. The molecule has 1 heterocycles. The van der Waals surface area contributed by atoms with Gasteiger partial charge in [0.1, 0.15) is 6.26 Å². The molecule has 14 heavy (non-hydrogen) atoms. The fourth-order valence-corrected chi connectivity index (χ4v) is 1.28. The SMILES string of the molecule is Cc1ccc(-c2conc2C=O)cc1. The maximum Gasteiger partial charge on any atom is 0.172 e. The van der Waals surface area contributed by atoms with Crippen molar-refractivity contribution in [3.05, 3.63) is 41.8 Å². The van der Waals surface area contributed by atoms with Crippen LogP contribution < -0.4 is 0 Å². The molecule has 0 saturated carbocycles. The van der Waals surface area contributed by atoms with Crippen LogP contribution >= 0.6 is 0 Å². The lowest BCUT2D eigenvalue weighted by atomic mass is 10.1. The third kappa shape index (κ3) is 1.44. The van der Waals surface area contributed by atoms with Crippen molar-refractivity contribution in [2.24, 2.45) is 0 Å². The van der Waals surface area contributed by atoms with Crippen LogP contribution in [0, 0.1) is 6.92 Å². The van der Waals surface area contributed by atoms with E-state index >= 15 is 0 Å². The molecule has 2 rings (SSSR count). The Morgan fingerprint density at radius 3 is 2.64 bits per heavy atom. The Bertz CT molecular complexity index is 443. The molecular formula is C11H9NO2. The van der Waals surface area contributed by atoms with E-state index in [1.807, 2.05) is 31.2 Å². The first-order valence-electron chi connectivity index (χ1n) is 4.28. The molecule has 2 aromatic rings. The molecular weight excluding hydrogens is 178 g/mol. The molecule has 0 bridgehead atoms. The van der Waals surface area contributed by atoms with Crippen LogP contribution in [0.1, 0.15) is 16.1 Å². The zero-order valence-electron chi connectivity index (χ0n) is 7.73. The third-order valence-electron chi connectivity index (χ3n) is 2.07. The molecule has 0 radical (unpaired) electrons. The van der Waals surface area contributed by atoms with Gasteiger partial charge in [-0.2, -0.15) is 0 Å². The number of hydrogen-bond donors (Lipinski definition) is 0. The summed E-state index contributed by atoms with van der Waals surface area (Å²) in [5.74, 6) is 0. The van der Waals surface area contributed by atoms with Crippen molar-refractivity contribution in [3.63, 3.8) is 0 Å². The van der Waals surface area contributed by atoms with Crippen molar-refractivity contribution < 1.29 is 9.32 Å². The van der Waals surface area contributed by atoms with Crippen molar-refractivity contribution in [2.45, 2.75) is 6.92 Å². The van der Waals surface area contributed by atoms with Crippen molar-refractivity contribution in [3.8, 4) is 11.1 Å². The topological polar surface area (TPSA) is 43.1 Å². The van der Waals surface area contributed by atoms with Gasteiger partial charge >= 0.3 is 0 Å². The number of aryl methyl sites for hydroxylation is 1. The van der Waals surface area contributed by atoms with Gasteiger partial charge in [0.05, 0.1) is 5.56 Å². The monoisotopic (exact) mass is 187 g/mol. The molecule has 0 amide bonds. The van der Waals surface area contributed by atoms with Crippen LogP contribution in [0.25, 0.3) is 11.1 Å². The van der Waals surface area contributed by atoms with Gasteiger partial charge in [0.2, 0.25) is 0 Å². The first-order chi connectivity index (χ1) is 6.81. The van der Waals surface area contributed by atoms with Crippen LogP contribution in [0.4, 0.5) is 0 Å². The molecule has 3 nitrogen and oxygen atoms in total. The molecule has 0 unspecified atom stereocenters. The average molecular weight is 187 g/mol. The molecule has 0 saturated heterocycles. The summed E-state index contributed by atoms with van der Waals surface area (Å²) in [4.78, 5) is 10.6. The summed E-state index contributed by atoms with van der Waals surface area (Å²) in [5, 5.41) is 3.59. The fourth-order valence-electron chi connectivity index (χ4n) is 1.28. The second-order valence-electron chi connectivity index (χ2n) is 3.10. The van der Waals surface area contributed by atoms with E-state index in [9.17, 15) is 4.79 Å². The highest BCUT2D eigenvalue weighted by atomic mass is 16.5. The molecule has 0 spiro atoms. The predicted molar refractivity (Wildman–Crippen MR) is 52.1 cm³/mol. The lowest BCUT2D eigenvalue weighted by Gasteiger charge is -1.97. The number of hydrogen-bond acceptors (Lipinski definition) is 3. The van der Waals surface area contributed by atoms with Gasteiger partial charge in [-0.25, -0.2) is 0 Å². The maximum absolute atomic E-state index is 10.6. The van der Waals surface area contributed by atoms with Crippen LogP contribution in [0.15, 0.2) is 35.1 Å². The zero-order valence-corrected chi connectivity index (χ0v) is 7.73. The summed E-state index contributed by atoms with van der Waals surface area (Å²) in [7, 11) is 0. The largest absolute Gasteiger partial charge is 0.363 e. The lowest BCUT2D eigenvalue weighted by Crippen LogP contribution is -1.83. The molecule has 0 aliphatic carbocycles. The van der Waals surface area contributed by atoms with Gasteiger partial charge in [-0.15, -0.1) is 0 Å². The summed E-state index contributed by atoms with van der Waals surface area (Å²) >= 11 is 0. The number of carbonyl (C=O) groups is 1. The normalized spacial score (nSPS) is 10.1. The Morgan fingerprint density at radius 2 is 2.00 bits per heavy atom. The van der Waals surface area contributed by atoms with E-state index in [0.29, 0.717) is 12.0 Å². The van der Waals surface area contributed by atoms with Crippen molar-refractivity contribution in [2.75, 3.05) is 0 Å². The number of rotatable bonds is 2. The molecule has 1 aromatic heterocycles. The second kappa shape index (κ2) is 3.46. The zero-order chi connectivity index (χ0) is 9.97. The predicted octanol–water partition coefficient (Wildman–Crippen LogP) is 2.46. The minimum atomic E-state index is 0.342. The number of aldehydes is 1. The van der Waals surface area contributed by atoms with E-state index in [4.69, 9.17) is 4.52 Å². The number of nitrogens with zero attached hydrogens (tertiary/aromatic N) is 1. The molecule has 3 heteroatoms. The number of benzene rings is 1.